The summed E-state index contributed by atoms with van der Waals surface area (Å²) in [7, 11) is 0. The van der Waals surface area contributed by atoms with Gasteiger partial charge in [-0.25, -0.2) is 4.39 Å². The monoisotopic (exact) mass is 294 g/mol. The van der Waals surface area contributed by atoms with E-state index in [9.17, 15) is 9.50 Å². The van der Waals surface area contributed by atoms with Gasteiger partial charge in [-0.3, -0.25) is 4.90 Å². The second kappa shape index (κ2) is 5.39. The van der Waals surface area contributed by atoms with E-state index < -0.39 is 0 Å². The Morgan fingerprint density at radius 1 is 1.35 bits per heavy atom. The molecule has 0 aliphatic carbocycles. The summed E-state index contributed by atoms with van der Waals surface area (Å²) in [5.41, 5.74) is 6.76. The van der Waals surface area contributed by atoms with Crippen molar-refractivity contribution in [2.45, 2.75) is 50.4 Å². The van der Waals surface area contributed by atoms with Crippen molar-refractivity contribution in [1.82, 2.24) is 4.90 Å². The van der Waals surface area contributed by atoms with Crippen molar-refractivity contribution in [3.63, 3.8) is 0 Å². The smallest absolute Gasteiger partial charge is 0.128 e. The minimum absolute atomic E-state index is 0.189. The molecule has 20 heavy (non-hydrogen) atoms. The molecule has 0 aromatic heterocycles. The van der Waals surface area contributed by atoms with Crippen LogP contribution in [0, 0.1) is 5.82 Å². The van der Waals surface area contributed by atoms with Crippen molar-refractivity contribution in [3.05, 3.63) is 35.1 Å². The Bertz CT molecular complexity index is 523. The fourth-order valence-electron chi connectivity index (χ4n) is 3.53. The predicted octanol–water partition coefficient (Wildman–Crippen LogP) is 1.95. The topological polar surface area (TPSA) is 49.5 Å². The van der Waals surface area contributed by atoms with Crippen molar-refractivity contribution in [2.75, 3.05) is 0 Å². The maximum absolute atomic E-state index is 14.1. The van der Waals surface area contributed by atoms with Gasteiger partial charge in [0, 0.05) is 29.8 Å². The molecule has 1 aromatic carbocycles. The van der Waals surface area contributed by atoms with Crippen LogP contribution in [0.2, 0.25) is 0 Å². The second-order valence-corrected chi connectivity index (χ2v) is 6.29. The van der Waals surface area contributed by atoms with Gasteiger partial charge in [0.1, 0.15) is 10.8 Å². The minimum Gasteiger partial charge on any atom is -0.393 e. The first-order valence-electron chi connectivity index (χ1n) is 7.06. The number of nitrogens with two attached hydrogens (primary N) is 1. The van der Waals surface area contributed by atoms with Gasteiger partial charge in [0.25, 0.3) is 0 Å². The lowest BCUT2D eigenvalue weighted by Crippen LogP contribution is -2.44. The molecular weight excluding hydrogens is 275 g/mol. The third-order valence-electron chi connectivity index (χ3n) is 4.55. The molecule has 0 amide bonds. The maximum atomic E-state index is 14.1. The molecule has 2 aliphatic rings. The Labute approximate surface area is 123 Å². The standard InChI is InChI=1S/C15H19FN2OS/c16-14-5-9(15(17)20)1-2-10(14)8-18-11-3-4-12(18)7-13(19)6-11/h1-2,5,11-13,19H,3-4,6-8H2,(H2,17,20). The number of halogens is 1. The Morgan fingerprint density at radius 3 is 2.55 bits per heavy atom. The number of hydrogen-bond donors (Lipinski definition) is 2. The zero-order chi connectivity index (χ0) is 14.3. The Kier molecular flexibility index (Phi) is 3.75. The van der Waals surface area contributed by atoms with Gasteiger partial charge >= 0.3 is 0 Å². The van der Waals surface area contributed by atoms with E-state index in [0.29, 0.717) is 29.8 Å². The van der Waals surface area contributed by atoms with Crippen molar-refractivity contribution in [1.29, 1.82) is 0 Å². The van der Waals surface area contributed by atoms with Gasteiger partial charge in [0.05, 0.1) is 6.10 Å². The zero-order valence-corrected chi connectivity index (χ0v) is 12.1. The van der Waals surface area contributed by atoms with Crippen LogP contribution in [0.4, 0.5) is 4.39 Å². The van der Waals surface area contributed by atoms with E-state index in [0.717, 1.165) is 25.7 Å². The molecule has 2 saturated heterocycles. The highest BCUT2D eigenvalue weighted by Crippen LogP contribution is 2.37. The Hall–Kier alpha value is -1.04. The Balaban J connectivity index is 1.77. The molecule has 0 saturated carbocycles. The lowest BCUT2D eigenvalue weighted by atomic mass is 9.99. The highest BCUT2D eigenvalue weighted by molar-refractivity contribution is 7.80. The van der Waals surface area contributed by atoms with Crippen LogP contribution >= 0.6 is 12.2 Å². The quantitative estimate of drug-likeness (QED) is 0.837. The average Bonchev–Trinajstić information content (AvgIpc) is 2.63. The fourth-order valence-corrected chi connectivity index (χ4v) is 3.66. The van der Waals surface area contributed by atoms with Gasteiger partial charge in [0.15, 0.2) is 0 Å². The normalized spacial score (nSPS) is 29.6. The first kappa shape index (κ1) is 13.9. The summed E-state index contributed by atoms with van der Waals surface area (Å²) in [6.45, 7) is 0.603. The van der Waals surface area contributed by atoms with E-state index in [-0.39, 0.29) is 16.9 Å². The number of benzene rings is 1. The van der Waals surface area contributed by atoms with Crippen LogP contribution in [-0.4, -0.2) is 33.2 Å². The van der Waals surface area contributed by atoms with Gasteiger partial charge in [-0.1, -0.05) is 24.4 Å². The number of piperidine rings is 1. The molecule has 2 atom stereocenters. The highest BCUT2D eigenvalue weighted by Gasteiger charge is 2.40. The number of rotatable bonds is 3. The lowest BCUT2D eigenvalue weighted by Gasteiger charge is -2.37. The molecule has 3 nitrogen and oxygen atoms in total. The first-order chi connectivity index (χ1) is 9.54. The first-order valence-corrected chi connectivity index (χ1v) is 7.47. The minimum atomic E-state index is -0.249. The lowest BCUT2D eigenvalue weighted by molar-refractivity contribution is 0.0305. The van der Waals surface area contributed by atoms with Crippen molar-refractivity contribution >= 4 is 17.2 Å². The molecule has 2 bridgehead atoms. The summed E-state index contributed by atoms with van der Waals surface area (Å²) >= 11 is 4.86. The van der Waals surface area contributed by atoms with Gasteiger partial charge in [0.2, 0.25) is 0 Å². The molecule has 5 heteroatoms. The van der Waals surface area contributed by atoms with Crippen LogP contribution in [0.25, 0.3) is 0 Å². The summed E-state index contributed by atoms with van der Waals surface area (Å²) in [4.78, 5) is 2.56. The van der Waals surface area contributed by atoms with E-state index in [4.69, 9.17) is 18.0 Å². The molecule has 3 N–H and O–H groups in total. The van der Waals surface area contributed by atoms with E-state index in [1.165, 1.54) is 6.07 Å². The average molecular weight is 294 g/mol. The molecule has 0 radical (unpaired) electrons. The van der Waals surface area contributed by atoms with Crippen LogP contribution < -0.4 is 5.73 Å². The fraction of sp³-hybridized carbons (Fsp3) is 0.533. The summed E-state index contributed by atoms with van der Waals surface area (Å²) in [6.07, 6.45) is 3.64. The molecular formula is C15H19FN2OS. The van der Waals surface area contributed by atoms with Gasteiger partial charge in [-0.05, 0) is 31.7 Å². The summed E-state index contributed by atoms with van der Waals surface area (Å²) in [5, 5.41) is 9.80. The van der Waals surface area contributed by atoms with Crippen LogP contribution in [0.3, 0.4) is 0 Å². The predicted molar refractivity (Wildman–Crippen MR) is 79.9 cm³/mol. The zero-order valence-electron chi connectivity index (χ0n) is 11.3. The van der Waals surface area contributed by atoms with E-state index >= 15 is 0 Å². The van der Waals surface area contributed by atoms with Gasteiger partial charge in [-0.2, -0.15) is 0 Å². The summed E-state index contributed by atoms with van der Waals surface area (Å²) in [6, 6.07) is 5.74. The molecule has 108 valence electrons. The van der Waals surface area contributed by atoms with E-state index in [2.05, 4.69) is 4.90 Å². The number of fused-ring (bicyclic) bond motifs is 2. The maximum Gasteiger partial charge on any atom is 0.128 e. The SMILES string of the molecule is NC(=S)c1ccc(CN2C3CCC2CC(O)C3)c(F)c1. The molecule has 0 spiro atoms. The molecule has 2 fully saturated rings. The van der Waals surface area contributed by atoms with Crippen LogP contribution in [0.15, 0.2) is 18.2 Å². The molecule has 2 heterocycles. The largest absolute Gasteiger partial charge is 0.393 e. The van der Waals surface area contributed by atoms with Crippen LogP contribution in [-0.2, 0) is 6.54 Å². The summed E-state index contributed by atoms with van der Waals surface area (Å²) < 4.78 is 14.1. The van der Waals surface area contributed by atoms with Crippen LogP contribution in [0.1, 0.15) is 36.8 Å². The van der Waals surface area contributed by atoms with Crippen molar-refractivity contribution in [3.8, 4) is 0 Å². The molecule has 3 rings (SSSR count). The van der Waals surface area contributed by atoms with Gasteiger partial charge in [-0.15, -0.1) is 0 Å². The van der Waals surface area contributed by atoms with Crippen molar-refractivity contribution in [2.24, 2.45) is 5.73 Å². The molecule has 2 aliphatic heterocycles. The number of nitrogens with zero attached hydrogens (tertiary/aromatic N) is 1. The third kappa shape index (κ3) is 2.57. The summed E-state index contributed by atoms with van der Waals surface area (Å²) in [5.74, 6) is -0.249. The number of hydrogen-bond acceptors (Lipinski definition) is 3. The van der Waals surface area contributed by atoms with Crippen LogP contribution in [0.5, 0.6) is 0 Å². The molecule has 1 aromatic rings. The highest BCUT2D eigenvalue weighted by atomic mass is 32.1. The van der Waals surface area contributed by atoms with E-state index in [1.807, 2.05) is 0 Å². The Morgan fingerprint density at radius 2 is 2.00 bits per heavy atom. The second-order valence-electron chi connectivity index (χ2n) is 5.85. The number of aliphatic hydroxyl groups is 1. The number of aliphatic hydroxyl groups excluding tert-OH is 1. The third-order valence-corrected chi connectivity index (χ3v) is 4.79. The van der Waals surface area contributed by atoms with E-state index in [1.54, 1.807) is 12.1 Å². The van der Waals surface area contributed by atoms with Gasteiger partial charge < -0.3 is 10.8 Å². The number of thiocarbonyl (C=S) groups is 1. The molecule has 2 unspecified atom stereocenters. The van der Waals surface area contributed by atoms with Crippen molar-refractivity contribution < 1.29 is 9.50 Å².